The molecule has 1 aromatic rings. The molecule has 0 atom stereocenters. The normalized spacial score (nSPS) is 17.8. The topological polar surface area (TPSA) is 75.7 Å². The number of rotatable bonds is 4. The van der Waals surface area contributed by atoms with Crippen molar-refractivity contribution >= 4 is 17.8 Å². The number of hydrogen-bond donors (Lipinski definition) is 1. The van der Waals surface area contributed by atoms with E-state index in [1.165, 1.54) is 31.8 Å². The van der Waals surface area contributed by atoms with Crippen molar-refractivity contribution < 1.29 is 19.1 Å². The Hall–Kier alpha value is -2.63. The van der Waals surface area contributed by atoms with Crippen molar-refractivity contribution in [2.45, 2.75) is 57.9 Å². The van der Waals surface area contributed by atoms with Crippen LogP contribution in [0.3, 0.4) is 0 Å². The number of benzene rings is 1. The lowest BCUT2D eigenvalue weighted by Gasteiger charge is -2.32. The lowest BCUT2D eigenvalue weighted by atomic mass is 9.94. The van der Waals surface area contributed by atoms with Crippen molar-refractivity contribution in [1.29, 1.82) is 0 Å². The van der Waals surface area contributed by atoms with Gasteiger partial charge in [-0.2, -0.15) is 0 Å². The van der Waals surface area contributed by atoms with E-state index >= 15 is 0 Å². The number of likely N-dealkylation sites (tertiary alicyclic amines) is 1. The smallest absolute Gasteiger partial charge is 0.308 e. The lowest BCUT2D eigenvalue weighted by molar-refractivity contribution is -0.131. The fourth-order valence-electron chi connectivity index (χ4n) is 3.85. The number of carbonyl (C=O) groups excluding carboxylic acids is 3. The van der Waals surface area contributed by atoms with Gasteiger partial charge in [-0.25, -0.2) is 0 Å². The minimum atomic E-state index is -0.413. The van der Waals surface area contributed by atoms with Gasteiger partial charge in [0.15, 0.2) is 0 Å². The molecule has 1 saturated heterocycles. The van der Waals surface area contributed by atoms with Gasteiger partial charge >= 0.3 is 5.97 Å². The highest BCUT2D eigenvalue weighted by Crippen LogP contribution is 2.23. The van der Waals surface area contributed by atoms with Crippen molar-refractivity contribution in [2.24, 2.45) is 0 Å². The van der Waals surface area contributed by atoms with Crippen LogP contribution in [0.4, 0.5) is 0 Å². The Labute approximate surface area is 165 Å². The zero-order valence-electron chi connectivity index (χ0n) is 16.4. The number of esters is 1. The molecule has 6 nitrogen and oxygen atoms in total. The van der Waals surface area contributed by atoms with Gasteiger partial charge in [-0.1, -0.05) is 18.1 Å². The van der Waals surface area contributed by atoms with Crippen molar-refractivity contribution in [3.63, 3.8) is 0 Å². The van der Waals surface area contributed by atoms with Crippen LogP contribution in [0.2, 0.25) is 0 Å². The number of ether oxygens (including phenoxy) is 1. The van der Waals surface area contributed by atoms with Crippen LogP contribution in [0.15, 0.2) is 35.9 Å². The maximum atomic E-state index is 12.7. The lowest BCUT2D eigenvalue weighted by Crippen LogP contribution is -2.46. The summed E-state index contributed by atoms with van der Waals surface area (Å²) < 4.78 is 5.05. The first-order valence-corrected chi connectivity index (χ1v) is 10.1. The van der Waals surface area contributed by atoms with Gasteiger partial charge in [0.1, 0.15) is 5.75 Å². The van der Waals surface area contributed by atoms with Crippen LogP contribution >= 0.6 is 0 Å². The summed E-state index contributed by atoms with van der Waals surface area (Å²) in [6, 6.07) is 6.77. The van der Waals surface area contributed by atoms with Crippen molar-refractivity contribution in [3.05, 3.63) is 41.5 Å². The Kier molecular flexibility index (Phi) is 6.85. The van der Waals surface area contributed by atoms with Gasteiger partial charge < -0.3 is 15.0 Å². The molecule has 2 aliphatic rings. The molecule has 0 unspecified atom stereocenters. The minimum absolute atomic E-state index is 0.00393. The number of nitrogens with one attached hydrogen (secondary N) is 1. The largest absolute Gasteiger partial charge is 0.427 e. The van der Waals surface area contributed by atoms with E-state index in [0.717, 1.165) is 25.7 Å². The van der Waals surface area contributed by atoms with Crippen molar-refractivity contribution in [3.8, 4) is 5.75 Å². The van der Waals surface area contributed by atoms with Gasteiger partial charge in [-0.3, -0.25) is 14.4 Å². The van der Waals surface area contributed by atoms with Gasteiger partial charge in [0.05, 0.1) is 0 Å². The minimum Gasteiger partial charge on any atom is -0.427 e. The summed E-state index contributed by atoms with van der Waals surface area (Å²) in [6.45, 7) is 2.52. The molecule has 3 rings (SSSR count). The Balaban J connectivity index is 1.50. The number of amides is 2. The van der Waals surface area contributed by atoms with Crippen molar-refractivity contribution in [2.75, 3.05) is 13.1 Å². The van der Waals surface area contributed by atoms with Crippen LogP contribution in [-0.4, -0.2) is 41.8 Å². The predicted octanol–water partition coefficient (Wildman–Crippen LogP) is 3.22. The van der Waals surface area contributed by atoms with Gasteiger partial charge in [0.2, 0.25) is 5.91 Å². The Morgan fingerprint density at radius 1 is 1.11 bits per heavy atom. The highest BCUT2D eigenvalue weighted by atomic mass is 16.5. The highest BCUT2D eigenvalue weighted by molar-refractivity contribution is 5.95. The first-order valence-electron chi connectivity index (χ1n) is 10.1. The molecule has 1 aliphatic heterocycles. The molecule has 150 valence electrons. The molecule has 6 heteroatoms. The fraction of sp³-hybridized carbons (Fsp3) is 0.500. The summed E-state index contributed by atoms with van der Waals surface area (Å²) in [6.07, 6.45) is 8.94. The van der Waals surface area contributed by atoms with Crippen LogP contribution in [0, 0.1) is 0 Å². The number of hydrogen-bond acceptors (Lipinski definition) is 4. The molecular weight excluding hydrogens is 356 g/mol. The van der Waals surface area contributed by atoms with E-state index in [9.17, 15) is 14.4 Å². The molecule has 0 aromatic heterocycles. The van der Waals surface area contributed by atoms with Gasteiger partial charge in [0, 0.05) is 37.7 Å². The van der Waals surface area contributed by atoms with Crippen LogP contribution in [0.25, 0.3) is 0 Å². The molecule has 0 spiro atoms. The van der Waals surface area contributed by atoms with E-state index in [0.29, 0.717) is 24.4 Å². The van der Waals surface area contributed by atoms with E-state index < -0.39 is 5.97 Å². The quantitative estimate of drug-likeness (QED) is 0.491. The second-order valence-electron chi connectivity index (χ2n) is 7.56. The summed E-state index contributed by atoms with van der Waals surface area (Å²) in [4.78, 5) is 37.8. The van der Waals surface area contributed by atoms with Crippen LogP contribution < -0.4 is 10.1 Å². The second kappa shape index (κ2) is 9.53. The van der Waals surface area contributed by atoms with Gasteiger partial charge in [-0.15, -0.1) is 0 Å². The first kappa shape index (κ1) is 20.1. The average molecular weight is 384 g/mol. The molecular formula is C22H28N2O4. The third kappa shape index (κ3) is 5.68. The summed E-state index contributed by atoms with van der Waals surface area (Å²) in [7, 11) is 0. The third-order valence-electron chi connectivity index (χ3n) is 5.30. The molecule has 1 saturated carbocycles. The maximum absolute atomic E-state index is 12.7. The van der Waals surface area contributed by atoms with E-state index in [1.54, 1.807) is 35.2 Å². The predicted molar refractivity (Wildman–Crippen MR) is 106 cm³/mol. The van der Waals surface area contributed by atoms with E-state index in [2.05, 4.69) is 5.32 Å². The van der Waals surface area contributed by atoms with Gasteiger partial charge in [0.25, 0.3) is 5.91 Å². The van der Waals surface area contributed by atoms with E-state index in [1.807, 2.05) is 0 Å². The molecule has 2 amide bonds. The SMILES string of the molecule is CC(=O)Oc1cccc(C(=O)N2CCC(NC(=O)C=C3CCCCC3)CC2)c1. The Bertz CT molecular complexity index is 756. The fourth-order valence-corrected chi connectivity index (χ4v) is 3.85. The molecule has 1 heterocycles. The van der Waals surface area contributed by atoms with E-state index in [-0.39, 0.29) is 17.9 Å². The van der Waals surface area contributed by atoms with Crippen molar-refractivity contribution in [1.82, 2.24) is 10.2 Å². The molecule has 1 N–H and O–H groups in total. The summed E-state index contributed by atoms with van der Waals surface area (Å²) in [5.41, 5.74) is 1.76. The molecule has 0 radical (unpaired) electrons. The van der Waals surface area contributed by atoms with Crippen LogP contribution in [-0.2, 0) is 9.59 Å². The number of piperidine rings is 1. The molecule has 1 aliphatic carbocycles. The Morgan fingerprint density at radius 2 is 1.82 bits per heavy atom. The van der Waals surface area contributed by atoms with E-state index in [4.69, 9.17) is 4.74 Å². The number of carbonyl (C=O) groups is 3. The second-order valence-corrected chi connectivity index (χ2v) is 7.56. The average Bonchev–Trinajstić information content (AvgIpc) is 2.68. The molecule has 0 bridgehead atoms. The molecule has 2 fully saturated rings. The zero-order chi connectivity index (χ0) is 19.9. The monoisotopic (exact) mass is 384 g/mol. The summed E-state index contributed by atoms with van der Waals surface area (Å²) in [5.74, 6) is -0.125. The number of nitrogens with zero attached hydrogens (tertiary/aromatic N) is 1. The Morgan fingerprint density at radius 3 is 2.50 bits per heavy atom. The number of allylic oxidation sites excluding steroid dienone is 1. The summed E-state index contributed by atoms with van der Waals surface area (Å²) in [5, 5.41) is 3.09. The zero-order valence-corrected chi connectivity index (χ0v) is 16.4. The maximum Gasteiger partial charge on any atom is 0.308 e. The molecule has 28 heavy (non-hydrogen) atoms. The molecule has 1 aromatic carbocycles. The van der Waals surface area contributed by atoms with Gasteiger partial charge in [-0.05, 0) is 56.7 Å². The van der Waals surface area contributed by atoms with Crippen LogP contribution in [0.5, 0.6) is 5.75 Å². The third-order valence-corrected chi connectivity index (χ3v) is 5.30. The highest BCUT2D eigenvalue weighted by Gasteiger charge is 2.24. The standard InChI is InChI=1S/C22H28N2O4/c1-16(25)28-20-9-5-8-18(15-20)22(27)24-12-10-19(11-13-24)23-21(26)14-17-6-3-2-4-7-17/h5,8-9,14-15,19H,2-4,6-7,10-13H2,1H3,(H,23,26). The first-order chi connectivity index (χ1) is 13.5. The van der Waals surface area contributed by atoms with Crippen LogP contribution in [0.1, 0.15) is 62.2 Å². The summed E-state index contributed by atoms with van der Waals surface area (Å²) >= 11 is 0.